The van der Waals surface area contributed by atoms with Crippen molar-refractivity contribution < 1.29 is 14.2 Å². The van der Waals surface area contributed by atoms with Gasteiger partial charge < -0.3 is 15.6 Å². The van der Waals surface area contributed by atoms with E-state index >= 15 is 0 Å². The number of aromatic nitrogens is 3. The molecule has 1 unspecified atom stereocenters. The molecule has 0 bridgehead atoms. The van der Waals surface area contributed by atoms with Crippen LogP contribution < -0.4 is 5.73 Å². The number of aliphatic hydroxyl groups is 1. The van der Waals surface area contributed by atoms with Gasteiger partial charge in [0.15, 0.2) is 5.82 Å². The Morgan fingerprint density at radius 2 is 1.96 bits per heavy atom. The largest absolute Gasteiger partial charge is 0.391 e. The van der Waals surface area contributed by atoms with E-state index in [0.717, 1.165) is 51.1 Å². The predicted octanol–water partition coefficient (Wildman–Crippen LogP) is 2.59. The van der Waals surface area contributed by atoms with Gasteiger partial charge in [0.1, 0.15) is 5.52 Å². The number of anilines is 1. The number of nitrogens with zero attached hydrogens (tertiary/aromatic N) is 4. The first-order chi connectivity index (χ1) is 13.3. The number of aliphatic hydroxyl groups excluding tert-OH is 1. The number of rotatable bonds is 1. The molecule has 8 heteroatoms. The minimum atomic E-state index is -0.275. The molecule has 2 fully saturated rings. The topological polar surface area (TPSA) is 88.9 Å². The first kappa shape index (κ1) is 21.0. The van der Waals surface area contributed by atoms with E-state index in [9.17, 15) is 4.39 Å². The second-order valence-electron chi connectivity index (χ2n) is 8.63. The number of fused-ring (bicyclic) bond motifs is 1. The number of hydrogen-bond donors (Lipinski definition) is 2. The van der Waals surface area contributed by atoms with E-state index in [0.29, 0.717) is 18.0 Å². The highest BCUT2D eigenvalue weighted by atomic mass is 19.1. The van der Waals surface area contributed by atoms with Gasteiger partial charge in [-0.15, -0.1) is 5.10 Å². The van der Waals surface area contributed by atoms with Gasteiger partial charge in [-0.1, -0.05) is 0 Å². The number of likely N-dealkylation sites (tertiary alicyclic amines) is 1. The molecule has 28 heavy (non-hydrogen) atoms. The average molecular weight is 394 g/mol. The highest BCUT2D eigenvalue weighted by Crippen LogP contribution is 2.32. The van der Waals surface area contributed by atoms with Crippen LogP contribution in [0.3, 0.4) is 0 Å². The summed E-state index contributed by atoms with van der Waals surface area (Å²) in [5.74, 6) is 0.213. The van der Waals surface area contributed by atoms with E-state index in [1.807, 2.05) is 0 Å². The van der Waals surface area contributed by atoms with Gasteiger partial charge in [0.2, 0.25) is 5.95 Å². The number of nitrogens with two attached hydrogens (primary N) is 1. The van der Waals surface area contributed by atoms with Gasteiger partial charge >= 0.3 is 0 Å². The molecule has 4 heterocycles. The molecule has 7 nitrogen and oxygen atoms in total. The number of piperidine rings is 1. The summed E-state index contributed by atoms with van der Waals surface area (Å²) in [4.78, 5) is 6.34. The molecule has 2 aromatic heterocycles. The minimum Gasteiger partial charge on any atom is -0.391 e. The third-order valence-corrected chi connectivity index (χ3v) is 5.51. The third kappa shape index (κ3) is 4.98. The zero-order valence-electron chi connectivity index (χ0n) is 17.1. The zero-order valence-corrected chi connectivity index (χ0v) is 17.1. The number of ether oxygens (including phenoxy) is 1. The Bertz CT molecular complexity index is 775. The normalized spacial score (nSPS) is 22.1. The van der Waals surface area contributed by atoms with E-state index in [1.54, 1.807) is 10.6 Å². The van der Waals surface area contributed by atoms with Crippen molar-refractivity contribution in [2.45, 2.75) is 64.0 Å². The smallest absolute Gasteiger partial charge is 0.238 e. The minimum absolute atomic E-state index is 0.173. The number of halogens is 1. The summed E-state index contributed by atoms with van der Waals surface area (Å²) in [7, 11) is 0. The molecule has 2 aliphatic rings. The number of hydrogen-bond acceptors (Lipinski definition) is 6. The van der Waals surface area contributed by atoms with Gasteiger partial charge in [-0.3, -0.25) is 4.90 Å². The molecule has 2 saturated heterocycles. The maximum atomic E-state index is 14.0. The lowest BCUT2D eigenvalue weighted by molar-refractivity contribution is -0.00535. The van der Waals surface area contributed by atoms with Crippen LogP contribution >= 0.6 is 0 Å². The van der Waals surface area contributed by atoms with Gasteiger partial charge in [0, 0.05) is 23.8 Å². The molecule has 0 aliphatic carbocycles. The van der Waals surface area contributed by atoms with Crippen molar-refractivity contribution in [1.29, 1.82) is 0 Å². The lowest BCUT2D eigenvalue weighted by atomic mass is 9.91. The van der Waals surface area contributed by atoms with Gasteiger partial charge in [0.05, 0.1) is 18.9 Å². The molecule has 4 rings (SSSR count). The Hall–Kier alpha value is -1.77. The lowest BCUT2D eigenvalue weighted by Crippen LogP contribution is -2.45. The Labute approximate surface area is 165 Å². The standard InChI is InChI=1S/C15H22FN5.C5H10O2/c1-15(2,3)20-6-4-10(5-7-20)12-8-11(16)13-9-18-14(17)19-21(12)13;6-5-2-1-3-7-4-5/h8-10H,4-7H2,1-3H3,(H2,17,19);5-6H,1-4H2. The molecule has 2 aliphatic heterocycles. The molecule has 1 atom stereocenters. The summed E-state index contributed by atoms with van der Waals surface area (Å²) in [6.07, 6.45) is 5.21. The Balaban J connectivity index is 0.000000271. The predicted molar refractivity (Wildman–Crippen MR) is 107 cm³/mol. The molecule has 156 valence electrons. The van der Waals surface area contributed by atoms with Gasteiger partial charge in [0.25, 0.3) is 0 Å². The molecular weight excluding hydrogens is 361 g/mol. The van der Waals surface area contributed by atoms with Crippen LogP contribution in [0.15, 0.2) is 12.3 Å². The van der Waals surface area contributed by atoms with Crippen molar-refractivity contribution in [1.82, 2.24) is 19.5 Å². The van der Waals surface area contributed by atoms with Crippen molar-refractivity contribution in [3.05, 3.63) is 23.8 Å². The Morgan fingerprint density at radius 1 is 1.25 bits per heavy atom. The van der Waals surface area contributed by atoms with Crippen molar-refractivity contribution in [3.8, 4) is 0 Å². The summed E-state index contributed by atoms with van der Waals surface area (Å²) >= 11 is 0. The Morgan fingerprint density at radius 3 is 2.50 bits per heavy atom. The molecular formula is C20H32FN5O2. The molecule has 3 N–H and O–H groups in total. The molecule has 0 saturated carbocycles. The van der Waals surface area contributed by atoms with Crippen LogP contribution in [0, 0.1) is 5.82 Å². The highest BCUT2D eigenvalue weighted by Gasteiger charge is 2.29. The summed E-state index contributed by atoms with van der Waals surface area (Å²) in [5, 5.41) is 13.0. The average Bonchev–Trinajstić information content (AvgIpc) is 2.98. The molecule has 0 radical (unpaired) electrons. The van der Waals surface area contributed by atoms with Crippen molar-refractivity contribution in [2.75, 3.05) is 32.0 Å². The van der Waals surface area contributed by atoms with Crippen LogP contribution in [0.5, 0.6) is 0 Å². The maximum Gasteiger partial charge on any atom is 0.238 e. The fourth-order valence-corrected chi connectivity index (χ4v) is 3.85. The first-order valence-corrected chi connectivity index (χ1v) is 10.1. The van der Waals surface area contributed by atoms with E-state index in [4.69, 9.17) is 15.6 Å². The van der Waals surface area contributed by atoms with Crippen LogP contribution in [0.25, 0.3) is 5.52 Å². The second kappa shape index (κ2) is 8.71. The quantitative estimate of drug-likeness (QED) is 0.774. The van der Waals surface area contributed by atoms with Gasteiger partial charge in [-0.2, -0.15) is 0 Å². The summed E-state index contributed by atoms with van der Waals surface area (Å²) in [6, 6.07) is 1.58. The summed E-state index contributed by atoms with van der Waals surface area (Å²) < 4.78 is 20.6. The van der Waals surface area contributed by atoms with E-state index in [-0.39, 0.29) is 23.4 Å². The summed E-state index contributed by atoms with van der Waals surface area (Å²) in [6.45, 7) is 10.1. The van der Waals surface area contributed by atoms with Gasteiger partial charge in [-0.25, -0.2) is 13.9 Å². The third-order valence-electron chi connectivity index (χ3n) is 5.51. The second-order valence-corrected chi connectivity index (χ2v) is 8.63. The lowest BCUT2D eigenvalue weighted by Gasteiger charge is -2.40. The molecule has 0 spiro atoms. The SMILES string of the molecule is CC(C)(C)N1CCC(c2cc(F)c3cnc(N)nn23)CC1.OC1CCCOC1. The fourth-order valence-electron chi connectivity index (χ4n) is 3.85. The van der Waals surface area contributed by atoms with Crippen molar-refractivity contribution >= 4 is 11.5 Å². The van der Waals surface area contributed by atoms with E-state index in [1.165, 1.54) is 6.20 Å². The summed E-state index contributed by atoms with van der Waals surface area (Å²) in [5.41, 5.74) is 7.13. The molecule has 2 aromatic rings. The van der Waals surface area contributed by atoms with Crippen LogP contribution in [0.1, 0.15) is 58.1 Å². The fraction of sp³-hybridized carbons (Fsp3) is 0.700. The first-order valence-electron chi connectivity index (χ1n) is 10.1. The van der Waals surface area contributed by atoms with Crippen LogP contribution in [0.4, 0.5) is 10.3 Å². The monoisotopic (exact) mass is 393 g/mol. The van der Waals surface area contributed by atoms with Crippen molar-refractivity contribution in [3.63, 3.8) is 0 Å². The van der Waals surface area contributed by atoms with Gasteiger partial charge in [-0.05, 0) is 65.6 Å². The maximum absolute atomic E-state index is 14.0. The van der Waals surface area contributed by atoms with Crippen LogP contribution in [0.2, 0.25) is 0 Å². The number of nitrogen functional groups attached to an aromatic ring is 1. The van der Waals surface area contributed by atoms with Crippen molar-refractivity contribution in [2.24, 2.45) is 0 Å². The van der Waals surface area contributed by atoms with Crippen LogP contribution in [-0.4, -0.2) is 62.6 Å². The zero-order chi connectivity index (χ0) is 20.3. The van der Waals surface area contributed by atoms with E-state index < -0.39 is 0 Å². The van der Waals surface area contributed by atoms with E-state index in [2.05, 4.69) is 35.8 Å². The Kier molecular flexibility index (Phi) is 6.52. The van der Waals surface area contributed by atoms with Crippen LogP contribution in [-0.2, 0) is 4.74 Å². The molecule has 0 amide bonds. The highest BCUT2D eigenvalue weighted by molar-refractivity contribution is 5.50. The molecule has 0 aromatic carbocycles.